The maximum Gasteiger partial charge on any atom is 0.108 e. The number of benzene rings is 1. The Bertz CT molecular complexity index is 1060. The van der Waals surface area contributed by atoms with E-state index in [1.807, 2.05) is 0 Å². The summed E-state index contributed by atoms with van der Waals surface area (Å²) >= 11 is 1.64. The fourth-order valence-electron chi connectivity index (χ4n) is 3.58. The Morgan fingerprint density at radius 1 is 1.24 bits per heavy atom. The van der Waals surface area contributed by atoms with E-state index in [-0.39, 0.29) is 0 Å². The zero-order valence-corrected chi connectivity index (χ0v) is 17.9. The average Bonchev–Trinajstić information content (AvgIpc) is 3.39. The molecule has 1 N–H and O–H groups in total. The summed E-state index contributed by atoms with van der Waals surface area (Å²) in [5, 5.41) is 10.0. The third-order valence-electron chi connectivity index (χ3n) is 4.87. The van der Waals surface area contributed by atoms with Crippen LogP contribution >= 0.6 is 11.3 Å². The highest BCUT2D eigenvalue weighted by atomic mass is 32.1. The first-order chi connectivity index (χ1) is 14.2. The zero-order valence-electron chi connectivity index (χ0n) is 17.0. The zero-order chi connectivity index (χ0) is 20.2. The van der Waals surface area contributed by atoms with Gasteiger partial charge in [-0.1, -0.05) is 24.0 Å². The molecule has 0 fully saturated rings. The van der Waals surface area contributed by atoms with Crippen molar-refractivity contribution in [2.75, 3.05) is 41.0 Å². The molecule has 1 aliphatic carbocycles. The molecule has 29 heavy (non-hydrogen) atoms. The van der Waals surface area contributed by atoms with E-state index in [0.717, 1.165) is 34.8 Å². The smallest absolute Gasteiger partial charge is 0.108 e. The summed E-state index contributed by atoms with van der Waals surface area (Å²) in [5.41, 5.74) is 8.55. The van der Waals surface area contributed by atoms with Gasteiger partial charge >= 0.3 is 0 Å². The number of aromatic nitrogens is 2. The van der Waals surface area contributed by atoms with Crippen LogP contribution in [0.25, 0.3) is 22.5 Å². The molecule has 0 amide bonds. The van der Waals surface area contributed by atoms with Crippen molar-refractivity contribution in [3.63, 3.8) is 0 Å². The third-order valence-corrected chi connectivity index (χ3v) is 5.71. The van der Waals surface area contributed by atoms with Crippen LogP contribution in [-0.4, -0.2) is 56.1 Å². The summed E-state index contributed by atoms with van der Waals surface area (Å²) in [6.07, 6.45) is 0.920. The number of H-pyrrole nitrogens is 1. The minimum absolute atomic E-state index is 0.416. The highest BCUT2D eigenvalue weighted by Crippen LogP contribution is 2.41. The molecule has 0 bridgehead atoms. The Hall–Kier alpha value is -2.43. The van der Waals surface area contributed by atoms with E-state index in [9.17, 15) is 0 Å². The van der Waals surface area contributed by atoms with Gasteiger partial charge in [0.25, 0.3) is 0 Å². The maximum atomic E-state index is 5.39. The lowest BCUT2D eigenvalue weighted by Gasteiger charge is -2.10. The van der Waals surface area contributed by atoms with Crippen LogP contribution in [0.15, 0.2) is 29.6 Å². The van der Waals surface area contributed by atoms with E-state index in [1.54, 1.807) is 18.4 Å². The van der Waals surface area contributed by atoms with Crippen LogP contribution in [-0.2, 0) is 22.4 Å². The van der Waals surface area contributed by atoms with Gasteiger partial charge in [-0.25, -0.2) is 0 Å². The van der Waals surface area contributed by atoms with Crippen molar-refractivity contribution in [1.82, 2.24) is 15.1 Å². The molecule has 1 aromatic carbocycles. The second-order valence-electron chi connectivity index (χ2n) is 7.38. The van der Waals surface area contributed by atoms with Crippen LogP contribution in [0.4, 0.5) is 0 Å². The first-order valence-electron chi connectivity index (χ1n) is 9.64. The number of hydrogen-bond acceptors (Lipinski definition) is 5. The van der Waals surface area contributed by atoms with E-state index in [1.165, 1.54) is 22.3 Å². The quantitative estimate of drug-likeness (QED) is 0.374. The van der Waals surface area contributed by atoms with Crippen LogP contribution in [0.1, 0.15) is 21.6 Å². The number of fused-ring (bicyclic) bond motifs is 3. The lowest BCUT2D eigenvalue weighted by molar-refractivity contribution is 0.0877. The molecule has 0 spiro atoms. The number of hydrogen-bond donors (Lipinski definition) is 1. The number of aromatic amines is 1. The van der Waals surface area contributed by atoms with Crippen molar-refractivity contribution in [1.29, 1.82) is 0 Å². The predicted molar refractivity (Wildman–Crippen MR) is 117 cm³/mol. The van der Waals surface area contributed by atoms with Gasteiger partial charge in [0.1, 0.15) is 6.61 Å². The van der Waals surface area contributed by atoms with Gasteiger partial charge in [-0.2, -0.15) is 5.10 Å². The van der Waals surface area contributed by atoms with Gasteiger partial charge in [-0.15, -0.1) is 11.3 Å². The van der Waals surface area contributed by atoms with E-state index in [0.29, 0.717) is 19.8 Å². The molecule has 0 aliphatic heterocycles. The van der Waals surface area contributed by atoms with E-state index in [2.05, 4.69) is 70.7 Å². The molecule has 0 unspecified atom stereocenters. The Morgan fingerprint density at radius 3 is 2.97 bits per heavy atom. The molecule has 2 aromatic heterocycles. The SMILES string of the molecule is COCCOCC#Cc1cc(-c2n[nH]c3c2Cc2ccc(CN(C)C)cc2-3)cs1. The minimum Gasteiger partial charge on any atom is -0.382 e. The summed E-state index contributed by atoms with van der Waals surface area (Å²) in [5.74, 6) is 6.23. The second kappa shape index (κ2) is 8.93. The fourth-order valence-corrected chi connectivity index (χ4v) is 4.34. The first kappa shape index (κ1) is 19.9. The van der Waals surface area contributed by atoms with Crippen molar-refractivity contribution >= 4 is 11.3 Å². The third kappa shape index (κ3) is 4.44. The summed E-state index contributed by atoms with van der Waals surface area (Å²) in [4.78, 5) is 3.21. The average molecular weight is 408 g/mol. The highest BCUT2D eigenvalue weighted by molar-refractivity contribution is 7.11. The van der Waals surface area contributed by atoms with E-state index < -0.39 is 0 Å². The van der Waals surface area contributed by atoms with Gasteiger partial charge in [0, 0.05) is 42.1 Å². The topological polar surface area (TPSA) is 50.4 Å². The molecule has 2 heterocycles. The van der Waals surface area contributed by atoms with Crippen LogP contribution < -0.4 is 0 Å². The summed E-state index contributed by atoms with van der Waals surface area (Å²) in [6, 6.07) is 8.88. The van der Waals surface area contributed by atoms with Crippen LogP contribution in [0.3, 0.4) is 0 Å². The fraction of sp³-hybridized carbons (Fsp3) is 0.348. The summed E-state index contributed by atoms with van der Waals surface area (Å²) < 4.78 is 10.3. The van der Waals surface area contributed by atoms with Crippen molar-refractivity contribution in [3.8, 4) is 34.4 Å². The van der Waals surface area contributed by atoms with Crippen LogP contribution in [0.2, 0.25) is 0 Å². The first-order valence-corrected chi connectivity index (χ1v) is 10.5. The van der Waals surface area contributed by atoms with Gasteiger partial charge in [0.05, 0.1) is 29.5 Å². The number of nitrogens with zero attached hydrogens (tertiary/aromatic N) is 2. The van der Waals surface area contributed by atoms with Crippen molar-refractivity contribution in [2.24, 2.45) is 0 Å². The summed E-state index contributed by atoms with van der Waals surface area (Å²) in [7, 11) is 5.85. The number of nitrogens with one attached hydrogen (secondary N) is 1. The Balaban J connectivity index is 1.50. The van der Waals surface area contributed by atoms with Crippen LogP contribution in [0, 0.1) is 11.8 Å². The number of ether oxygens (including phenoxy) is 2. The molecule has 0 atom stereocenters. The molecule has 150 valence electrons. The van der Waals surface area contributed by atoms with E-state index in [4.69, 9.17) is 9.47 Å². The van der Waals surface area contributed by atoms with Gasteiger partial charge in [0.15, 0.2) is 0 Å². The Kier molecular flexibility index (Phi) is 6.12. The molecular weight excluding hydrogens is 382 g/mol. The second-order valence-corrected chi connectivity index (χ2v) is 8.29. The van der Waals surface area contributed by atoms with Crippen LogP contribution in [0.5, 0.6) is 0 Å². The van der Waals surface area contributed by atoms with Gasteiger partial charge in [0.2, 0.25) is 0 Å². The number of thiophene rings is 1. The lowest BCUT2D eigenvalue weighted by atomic mass is 10.1. The van der Waals surface area contributed by atoms with Gasteiger partial charge in [-0.05, 0) is 37.4 Å². The predicted octanol–water partition coefficient (Wildman–Crippen LogP) is 3.79. The maximum absolute atomic E-state index is 5.39. The number of methoxy groups -OCH3 is 1. The highest BCUT2D eigenvalue weighted by Gasteiger charge is 2.25. The molecule has 1 aliphatic rings. The molecule has 0 radical (unpaired) electrons. The Labute approximate surface area is 175 Å². The molecule has 3 aromatic rings. The van der Waals surface area contributed by atoms with Gasteiger partial charge < -0.3 is 14.4 Å². The largest absolute Gasteiger partial charge is 0.382 e. The molecule has 5 nitrogen and oxygen atoms in total. The standard InChI is InChI=1S/C23H25N3O2S/c1-26(2)14-16-6-7-17-13-21-22(24-25-23(21)20(17)11-16)18-12-19(29-15-18)5-4-8-28-10-9-27-3/h6-7,11-12,15H,8-10,13-14H2,1-3H3,(H,24,25). The Morgan fingerprint density at radius 2 is 2.14 bits per heavy atom. The molecule has 4 rings (SSSR count). The van der Waals surface area contributed by atoms with E-state index >= 15 is 0 Å². The monoisotopic (exact) mass is 407 g/mol. The molecular formula is C23H25N3O2S. The van der Waals surface area contributed by atoms with Gasteiger partial charge in [-0.3, -0.25) is 5.10 Å². The number of rotatable bonds is 7. The summed E-state index contributed by atoms with van der Waals surface area (Å²) in [6.45, 7) is 2.51. The van der Waals surface area contributed by atoms with Crippen molar-refractivity contribution in [2.45, 2.75) is 13.0 Å². The van der Waals surface area contributed by atoms with Crippen molar-refractivity contribution in [3.05, 3.63) is 51.2 Å². The molecule has 6 heteroatoms. The normalized spacial score (nSPS) is 12.0. The minimum atomic E-state index is 0.416. The van der Waals surface area contributed by atoms with Crippen molar-refractivity contribution < 1.29 is 9.47 Å². The molecule has 0 saturated heterocycles. The molecule has 0 saturated carbocycles. The lowest BCUT2D eigenvalue weighted by Crippen LogP contribution is -2.10.